The highest BCUT2D eigenvalue weighted by atomic mass is 79.9. The first-order valence-corrected chi connectivity index (χ1v) is 8.37. The molecule has 0 aliphatic heterocycles. The van der Waals surface area contributed by atoms with E-state index in [2.05, 4.69) is 36.1 Å². The monoisotopic (exact) mass is 382 g/mol. The highest BCUT2D eigenvalue weighted by molar-refractivity contribution is 9.10. The fraction of sp³-hybridized carbons (Fsp3) is 0.111. The Labute approximate surface area is 147 Å². The van der Waals surface area contributed by atoms with Gasteiger partial charge < -0.3 is 9.72 Å². The maximum atomic E-state index is 5.74. The number of ether oxygens (including phenoxy) is 1. The maximum Gasteiger partial charge on any atom is 0.233 e. The second kappa shape index (κ2) is 6.13. The molecule has 6 heteroatoms. The van der Waals surface area contributed by atoms with Crippen LogP contribution in [0, 0.1) is 6.92 Å². The number of nitrogens with one attached hydrogen (secondary N) is 2. The van der Waals surface area contributed by atoms with E-state index in [-0.39, 0.29) is 0 Å². The van der Waals surface area contributed by atoms with E-state index in [1.807, 2.05) is 55.5 Å². The Hall–Kier alpha value is -2.60. The van der Waals surface area contributed by atoms with Gasteiger partial charge in [0.1, 0.15) is 12.3 Å². The SMILES string of the molecule is Cc1cccc2[nH]c(-c3cc(OCc4cccc(Br)c4)n[nH]3)nc12. The van der Waals surface area contributed by atoms with E-state index in [0.717, 1.165) is 38.2 Å². The van der Waals surface area contributed by atoms with Crippen LogP contribution in [0.15, 0.2) is 53.0 Å². The van der Waals surface area contributed by atoms with Crippen molar-refractivity contribution < 1.29 is 4.74 Å². The lowest BCUT2D eigenvalue weighted by Crippen LogP contribution is -1.95. The number of hydrogen-bond donors (Lipinski definition) is 2. The van der Waals surface area contributed by atoms with E-state index in [1.54, 1.807) is 0 Å². The minimum atomic E-state index is 0.461. The van der Waals surface area contributed by atoms with Crippen LogP contribution in [-0.4, -0.2) is 20.2 Å². The van der Waals surface area contributed by atoms with Crippen LogP contribution < -0.4 is 4.74 Å². The number of aromatic nitrogens is 4. The van der Waals surface area contributed by atoms with Gasteiger partial charge in [-0.3, -0.25) is 5.10 Å². The van der Waals surface area contributed by atoms with Crippen molar-refractivity contribution >= 4 is 27.0 Å². The van der Waals surface area contributed by atoms with Crippen LogP contribution in [0.4, 0.5) is 0 Å². The fourth-order valence-corrected chi connectivity index (χ4v) is 3.03. The van der Waals surface area contributed by atoms with Crippen molar-refractivity contribution in [3.8, 4) is 17.4 Å². The number of fused-ring (bicyclic) bond motifs is 1. The molecule has 0 spiro atoms. The Morgan fingerprint density at radius 1 is 1.12 bits per heavy atom. The van der Waals surface area contributed by atoms with E-state index >= 15 is 0 Å². The maximum absolute atomic E-state index is 5.74. The number of aryl methyl sites for hydroxylation is 1. The third-order valence-corrected chi connectivity index (χ3v) is 4.29. The van der Waals surface area contributed by atoms with Crippen LogP contribution >= 0.6 is 15.9 Å². The average Bonchev–Trinajstić information content (AvgIpc) is 3.20. The van der Waals surface area contributed by atoms with Gasteiger partial charge in [0.25, 0.3) is 0 Å². The van der Waals surface area contributed by atoms with Gasteiger partial charge in [0.05, 0.1) is 11.0 Å². The predicted molar refractivity (Wildman–Crippen MR) is 96.9 cm³/mol. The molecule has 0 saturated carbocycles. The molecule has 0 saturated heterocycles. The molecule has 4 rings (SSSR count). The van der Waals surface area contributed by atoms with Gasteiger partial charge >= 0.3 is 0 Å². The van der Waals surface area contributed by atoms with Crippen molar-refractivity contribution in [3.05, 3.63) is 64.1 Å². The normalized spacial score (nSPS) is 11.1. The van der Waals surface area contributed by atoms with Gasteiger partial charge in [-0.1, -0.05) is 40.2 Å². The third kappa shape index (κ3) is 2.92. The number of nitrogens with zero attached hydrogens (tertiary/aromatic N) is 2. The molecule has 0 radical (unpaired) electrons. The number of benzene rings is 2. The molecule has 2 N–H and O–H groups in total. The fourth-order valence-electron chi connectivity index (χ4n) is 2.59. The molecule has 0 atom stereocenters. The average molecular weight is 383 g/mol. The lowest BCUT2D eigenvalue weighted by atomic mass is 10.2. The summed E-state index contributed by atoms with van der Waals surface area (Å²) in [4.78, 5) is 7.94. The van der Waals surface area contributed by atoms with E-state index in [4.69, 9.17) is 4.74 Å². The van der Waals surface area contributed by atoms with Gasteiger partial charge in [0, 0.05) is 10.5 Å². The van der Waals surface area contributed by atoms with Gasteiger partial charge in [-0.25, -0.2) is 4.98 Å². The highest BCUT2D eigenvalue weighted by Gasteiger charge is 2.10. The third-order valence-electron chi connectivity index (χ3n) is 3.80. The Kier molecular flexibility index (Phi) is 3.82. The number of aromatic amines is 2. The van der Waals surface area contributed by atoms with Crippen molar-refractivity contribution in [1.29, 1.82) is 0 Å². The van der Waals surface area contributed by atoms with Crippen LogP contribution in [0.5, 0.6) is 5.88 Å². The molecule has 5 nitrogen and oxygen atoms in total. The molecular weight excluding hydrogens is 368 g/mol. The summed E-state index contributed by atoms with van der Waals surface area (Å²) in [6.07, 6.45) is 0. The van der Waals surface area contributed by atoms with Crippen LogP contribution in [0.1, 0.15) is 11.1 Å². The topological polar surface area (TPSA) is 66.6 Å². The number of rotatable bonds is 4. The molecule has 2 aromatic carbocycles. The second-order valence-electron chi connectivity index (χ2n) is 5.59. The van der Waals surface area contributed by atoms with Crippen molar-refractivity contribution in [1.82, 2.24) is 20.2 Å². The van der Waals surface area contributed by atoms with Gasteiger partial charge in [-0.15, -0.1) is 5.10 Å². The standard InChI is InChI=1S/C18H15BrN4O/c1-11-4-2-7-14-17(11)21-18(20-14)15-9-16(23-22-15)24-10-12-5-3-6-13(19)8-12/h2-9H,10H2,1H3,(H,20,21)(H,22,23). The highest BCUT2D eigenvalue weighted by Crippen LogP contribution is 2.23. The van der Waals surface area contributed by atoms with Crippen molar-refractivity contribution in [2.75, 3.05) is 0 Å². The molecule has 0 unspecified atom stereocenters. The number of hydrogen-bond acceptors (Lipinski definition) is 3. The van der Waals surface area contributed by atoms with Crippen molar-refractivity contribution in [2.45, 2.75) is 13.5 Å². The first kappa shape index (κ1) is 15.0. The summed E-state index contributed by atoms with van der Waals surface area (Å²) >= 11 is 3.46. The Balaban J connectivity index is 1.54. The molecule has 0 fully saturated rings. The minimum Gasteiger partial charge on any atom is -0.472 e. The molecule has 4 aromatic rings. The summed E-state index contributed by atoms with van der Waals surface area (Å²) < 4.78 is 6.77. The molecular formula is C18H15BrN4O. The quantitative estimate of drug-likeness (QED) is 0.541. The van der Waals surface area contributed by atoms with Crippen LogP contribution in [0.3, 0.4) is 0 Å². The van der Waals surface area contributed by atoms with Gasteiger partial charge in [0.15, 0.2) is 5.82 Å². The summed E-state index contributed by atoms with van der Waals surface area (Å²) in [6.45, 7) is 2.51. The number of imidazole rings is 1. The van der Waals surface area contributed by atoms with Crippen LogP contribution in [0.2, 0.25) is 0 Å². The summed E-state index contributed by atoms with van der Waals surface area (Å²) in [5.74, 6) is 1.30. The molecule has 0 aliphatic rings. The number of para-hydroxylation sites is 1. The van der Waals surface area contributed by atoms with E-state index in [9.17, 15) is 0 Å². The van der Waals surface area contributed by atoms with Crippen molar-refractivity contribution in [3.63, 3.8) is 0 Å². The van der Waals surface area contributed by atoms with Crippen LogP contribution in [-0.2, 0) is 6.61 Å². The predicted octanol–water partition coefficient (Wildman–Crippen LogP) is 4.60. The van der Waals surface area contributed by atoms with Gasteiger partial charge in [-0.2, -0.15) is 0 Å². The minimum absolute atomic E-state index is 0.461. The number of halogens is 1. The molecule has 2 aromatic heterocycles. The van der Waals surface area contributed by atoms with E-state index in [0.29, 0.717) is 12.5 Å². The zero-order valence-corrected chi connectivity index (χ0v) is 14.6. The van der Waals surface area contributed by atoms with Crippen LogP contribution in [0.25, 0.3) is 22.6 Å². The molecule has 0 bridgehead atoms. The summed E-state index contributed by atoms with van der Waals surface area (Å²) in [6, 6.07) is 15.9. The summed E-state index contributed by atoms with van der Waals surface area (Å²) in [5, 5.41) is 7.18. The van der Waals surface area contributed by atoms with Gasteiger partial charge in [0.2, 0.25) is 5.88 Å². The smallest absolute Gasteiger partial charge is 0.233 e. The summed E-state index contributed by atoms with van der Waals surface area (Å²) in [5.41, 5.74) is 5.00. The lowest BCUT2D eigenvalue weighted by molar-refractivity contribution is 0.293. The van der Waals surface area contributed by atoms with E-state index in [1.165, 1.54) is 0 Å². The zero-order chi connectivity index (χ0) is 16.5. The Morgan fingerprint density at radius 3 is 2.83 bits per heavy atom. The molecule has 0 aliphatic carbocycles. The Morgan fingerprint density at radius 2 is 2.00 bits per heavy atom. The zero-order valence-electron chi connectivity index (χ0n) is 13.0. The summed E-state index contributed by atoms with van der Waals surface area (Å²) in [7, 11) is 0. The molecule has 2 heterocycles. The lowest BCUT2D eigenvalue weighted by Gasteiger charge is -2.02. The first-order valence-electron chi connectivity index (χ1n) is 7.57. The van der Waals surface area contributed by atoms with Crippen molar-refractivity contribution in [2.24, 2.45) is 0 Å². The first-order chi connectivity index (χ1) is 11.7. The van der Waals surface area contributed by atoms with Gasteiger partial charge in [-0.05, 0) is 36.2 Å². The molecule has 24 heavy (non-hydrogen) atoms. The van der Waals surface area contributed by atoms with E-state index < -0.39 is 0 Å². The Bertz CT molecular complexity index is 1010. The second-order valence-corrected chi connectivity index (χ2v) is 6.51. The molecule has 120 valence electrons. The number of H-pyrrole nitrogens is 2. The largest absolute Gasteiger partial charge is 0.472 e. The molecule has 0 amide bonds.